The second kappa shape index (κ2) is 10.7. The summed E-state index contributed by atoms with van der Waals surface area (Å²) in [7, 11) is 1.42. The molecule has 1 fully saturated rings. The van der Waals surface area contributed by atoms with Crippen LogP contribution in [0.3, 0.4) is 0 Å². The number of urea groups is 1. The van der Waals surface area contributed by atoms with Crippen LogP contribution in [0, 0.1) is 5.82 Å². The lowest BCUT2D eigenvalue weighted by Gasteiger charge is -2.34. The number of hydrogen-bond donors (Lipinski definition) is 2. The summed E-state index contributed by atoms with van der Waals surface area (Å²) in [5.41, 5.74) is -1.14. The van der Waals surface area contributed by atoms with Crippen LogP contribution in [-0.2, 0) is 14.3 Å². The highest BCUT2D eigenvalue weighted by atomic mass is 19.1. The standard InChI is InChI=1S/C27H21FN4O7/c1-36-15-14-27(24(33)29-26(35)30-25(27)34)39-19-12-10-18(11-13-19)37-17-8-6-16(7-9-17)22-31-32-23(38-22)20-4-2-3-5-21(20)28/h2-13H,14-15H2,1H3,(H2,29,30,33,34,35). The predicted octanol–water partition coefficient (Wildman–Crippen LogP) is 3.86. The summed E-state index contributed by atoms with van der Waals surface area (Å²) < 4.78 is 36.3. The molecule has 1 aliphatic rings. The Morgan fingerprint density at radius 1 is 0.821 bits per heavy atom. The molecule has 0 radical (unpaired) electrons. The Morgan fingerprint density at radius 3 is 2.05 bits per heavy atom. The zero-order chi connectivity index (χ0) is 27.4. The van der Waals surface area contributed by atoms with Crippen LogP contribution < -0.4 is 20.1 Å². The van der Waals surface area contributed by atoms with Gasteiger partial charge in [-0.25, -0.2) is 9.18 Å². The molecule has 2 heterocycles. The summed E-state index contributed by atoms with van der Waals surface area (Å²) in [6, 6.07) is 18.3. The molecule has 198 valence electrons. The SMILES string of the molecule is COCCC1(Oc2ccc(Oc3ccc(-c4nnc(-c5ccccc5F)o4)cc3)cc2)C(=O)NC(=O)NC1=O. The number of halogens is 1. The predicted molar refractivity (Wildman–Crippen MR) is 133 cm³/mol. The lowest BCUT2D eigenvalue weighted by atomic mass is 9.95. The maximum atomic E-state index is 14.0. The van der Waals surface area contributed by atoms with Crippen molar-refractivity contribution < 1.29 is 37.4 Å². The van der Waals surface area contributed by atoms with Crippen molar-refractivity contribution in [3.63, 3.8) is 0 Å². The molecule has 1 saturated heterocycles. The van der Waals surface area contributed by atoms with E-state index in [2.05, 4.69) is 20.8 Å². The molecular weight excluding hydrogens is 511 g/mol. The number of barbiturate groups is 1. The van der Waals surface area contributed by atoms with Crippen LogP contribution in [-0.4, -0.2) is 47.4 Å². The number of hydrogen-bond acceptors (Lipinski definition) is 9. The smallest absolute Gasteiger partial charge is 0.328 e. The number of aromatic nitrogens is 2. The van der Waals surface area contributed by atoms with Crippen LogP contribution in [0.1, 0.15) is 6.42 Å². The van der Waals surface area contributed by atoms with Crippen molar-refractivity contribution >= 4 is 17.8 Å². The first-order valence-electron chi connectivity index (χ1n) is 11.7. The van der Waals surface area contributed by atoms with E-state index in [1.54, 1.807) is 54.6 Å². The van der Waals surface area contributed by atoms with Gasteiger partial charge in [0.25, 0.3) is 23.3 Å². The van der Waals surface area contributed by atoms with Crippen molar-refractivity contribution in [2.24, 2.45) is 0 Å². The van der Waals surface area contributed by atoms with Gasteiger partial charge in [0.2, 0.25) is 5.89 Å². The van der Waals surface area contributed by atoms with Crippen molar-refractivity contribution in [3.8, 4) is 40.2 Å². The van der Waals surface area contributed by atoms with Crippen LogP contribution in [0.5, 0.6) is 17.2 Å². The highest BCUT2D eigenvalue weighted by Crippen LogP contribution is 2.30. The number of imide groups is 2. The number of nitrogens with zero attached hydrogens (tertiary/aromatic N) is 2. The summed E-state index contributed by atoms with van der Waals surface area (Å²) in [5.74, 6) is -0.762. The van der Waals surface area contributed by atoms with Crippen LogP contribution in [0.25, 0.3) is 22.9 Å². The fraction of sp³-hybridized carbons (Fsp3) is 0.148. The number of ether oxygens (including phenoxy) is 3. The summed E-state index contributed by atoms with van der Waals surface area (Å²) in [4.78, 5) is 36.6. The largest absolute Gasteiger partial charge is 0.467 e. The quantitative estimate of drug-likeness (QED) is 0.307. The van der Waals surface area contributed by atoms with E-state index in [0.717, 1.165) is 0 Å². The Kier molecular flexibility index (Phi) is 7.02. The minimum Gasteiger partial charge on any atom is -0.467 e. The third-order valence-corrected chi connectivity index (χ3v) is 5.83. The second-order valence-electron chi connectivity index (χ2n) is 8.40. The van der Waals surface area contributed by atoms with Crippen LogP contribution in [0.4, 0.5) is 9.18 Å². The average Bonchev–Trinajstić information content (AvgIpc) is 3.42. The molecule has 1 aliphatic heterocycles. The molecule has 0 bridgehead atoms. The fourth-order valence-corrected chi connectivity index (χ4v) is 3.82. The van der Waals surface area contributed by atoms with E-state index in [9.17, 15) is 18.8 Å². The number of carbonyl (C=O) groups is 3. The Hall–Kier alpha value is -5.10. The van der Waals surface area contributed by atoms with Gasteiger partial charge in [0.1, 0.15) is 23.1 Å². The van der Waals surface area contributed by atoms with Crippen molar-refractivity contribution in [2.75, 3.05) is 13.7 Å². The normalized spacial score (nSPS) is 14.5. The molecule has 2 N–H and O–H groups in total. The van der Waals surface area contributed by atoms with Crippen molar-refractivity contribution in [1.29, 1.82) is 0 Å². The lowest BCUT2D eigenvalue weighted by molar-refractivity contribution is -0.153. The molecule has 1 aromatic heterocycles. The van der Waals surface area contributed by atoms with Crippen LogP contribution in [0.2, 0.25) is 0 Å². The highest BCUT2D eigenvalue weighted by Gasteiger charge is 2.52. The van der Waals surface area contributed by atoms with Gasteiger partial charge in [-0.15, -0.1) is 10.2 Å². The van der Waals surface area contributed by atoms with E-state index < -0.39 is 29.3 Å². The first-order chi connectivity index (χ1) is 18.9. The number of methoxy groups -OCH3 is 1. The van der Waals surface area contributed by atoms with E-state index in [1.165, 1.54) is 25.3 Å². The van der Waals surface area contributed by atoms with Gasteiger partial charge in [-0.1, -0.05) is 12.1 Å². The van der Waals surface area contributed by atoms with Gasteiger partial charge in [0.05, 0.1) is 12.2 Å². The van der Waals surface area contributed by atoms with Gasteiger partial charge in [-0.2, -0.15) is 0 Å². The minimum absolute atomic E-state index is 0.0419. The van der Waals surface area contributed by atoms with Gasteiger partial charge >= 0.3 is 6.03 Å². The van der Waals surface area contributed by atoms with Crippen LogP contribution >= 0.6 is 0 Å². The van der Waals surface area contributed by atoms with Gasteiger partial charge in [-0.3, -0.25) is 20.2 Å². The van der Waals surface area contributed by atoms with Gasteiger partial charge in [-0.05, 0) is 60.7 Å². The molecule has 0 atom stereocenters. The monoisotopic (exact) mass is 532 g/mol. The number of rotatable bonds is 9. The summed E-state index contributed by atoms with van der Waals surface area (Å²) in [6.45, 7) is 0.0419. The van der Waals surface area contributed by atoms with E-state index >= 15 is 0 Å². The molecule has 11 nitrogen and oxygen atoms in total. The third kappa shape index (κ3) is 5.31. The molecular formula is C27H21FN4O7. The Balaban J connectivity index is 1.26. The molecule has 4 amide bonds. The first-order valence-corrected chi connectivity index (χ1v) is 11.7. The van der Waals surface area contributed by atoms with Gasteiger partial charge in [0, 0.05) is 19.1 Å². The maximum absolute atomic E-state index is 14.0. The second-order valence-corrected chi connectivity index (χ2v) is 8.40. The lowest BCUT2D eigenvalue weighted by Crippen LogP contribution is -2.69. The van der Waals surface area contributed by atoms with Crippen molar-refractivity contribution in [3.05, 3.63) is 78.6 Å². The molecule has 0 aliphatic carbocycles. The Morgan fingerprint density at radius 2 is 1.41 bits per heavy atom. The molecule has 0 saturated carbocycles. The highest BCUT2D eigenvalue weighted by molar-refractivity contribution is 6.21. The molecule has 3 aromatic carbocycles. The fourth-order valence-electron chi connectivity index (χ4n) is 3.82. The zero-order valence-corrected chi connectivity index (χ0v) is 20.5. The molecule has 0 unspecified atom stereocenters. The molecule has 39 heavy (non-hydrogen) atoms. The van der Waals surface area contributed by atoms with E-state index in [0.29, 0.717) is 17.1 Å². The molecule has 12 heteroatoms. The molecule has 0 spiro atoms. The average molecular weight is 532 g/mol. The van der Waals surface area contributed by atoms with Crippen molar-refractivity contribution in [2.45, 2.75) is 12.0 Å². The molecule has 4 aromatic rings. The Labute approximate surface area is 220 Å². The Bertz CT molecular complexity index is 1500. The topological polar surface area (TPSA) is 142 Å². The van der Waals surface area contributed by atoms with Gasteiger partial charge < -0.3 is 18.6 Å². The summed E-state index contributed by atoms with van der Waals surface area (Å²) >= 11 is 0. The third-order valence-electron chi connectivity index (χ3n) is 5.83. The summed E-state index contributed by atoms with van der Waals surface area (Å²) in [6.07, 6.45) is -0.110. The van der Waals surface area contributed by atoms with Crippen LogP contribution in [0.15, 0.2) is 77.2 Å². The minimum atomic E-state index is -1.97. The number of benzene rings is 3. The maximum Gasteiger partial charge on any atom is 0.328 e. The number of carbonyl (C=O) groups excluding carboxylic acids is 3. The summed E-state index contributed by atoms with van der Waals surface area (Å²) in [5, 5.41) is 12.0. The number of nitrogens with one attached hydrogen (secondary N) is 2. The van der Waals surface area contributed by atoms with E-state index in [4.69, 9.17) is 18.6 Å². The first kappa shape index (κ1) is 25.5. The molecule has 5 rings (SSSR count). The zero-order valence-electron chi connectivity index (χ0n) is 20.5. The van der Waals surface area contributed by atoms with Crippen molar-refractivity contribution in [1.82, 2.24) is 20.8 Å². The van der Waals surface area contributed by atoms with E-state index in [-0.39, 0.29) is 36.1 Å². The van der Waals surface area contributed by atoms with Gasteiger partial charge in [0.15, 0.2) is 0 Å². The van der Waals surface area contributed by atoms with E-state index in [1.807, 2.05) is 0 Å². The number of amides is 4.